The molecule has 4 heteroatoms. The topological polar surface area (TPSA) is 52.6 Å². The molecule has 0 amide bonds. The number of allylic oxidation sites excluding steroid dienone is 1. The van der Waals surface area contributed by atoms with Crippen LogP contribution in [0.25, 0.3) is 0 Å². The van der Waals surface area contributed by atoms with Gasteiger partial charge in [0.2, 0.25) is 0 Å². The van der Waals surface area contributed by atoms with Gasteiger partial charge in [0.05, 0.1) is 6.42 Å². The maximum atomic E-state index is 12.8. The predicted octanol–water partition coefficient (Wildman–Crippen LogP) is 4.57. The van der Waals surface area contributed by atoms with Gasteiger partial charge in [0, 0.05) is 11.5 Å². The SMILES string of the molecule is CC(C)(C)OC(=O)C[C@@H]1CC[C@@H]2CCCC2=C1C(=O)OC(C)(C)C. The van der Waals surface area contributed by atoms with Crippen LogP contribution in [0.5, 0.6) is 0 Å². The van der Waals surface area contributed by atoms with Crippen LogP contribution in [0.15, 0.2) is 11.1 Å². The zero-order chi connectivity index (χ0) is 18.1. The summed E-state index contributed by atoms with van der Waals surface area (Å²) in [6.07, 6.45) is 5.44. The molecule has 1 fully saturated rings. The molecule has 4 nitrogen and oxygen atoms in total. The summed E-state index contributed by atoms with van der Waals surface area (Å²) in [6, 6.07) is 0. The average molecular weight is 336 g/mol. The summed E-state index contributed by atoms with van der Waals surface area (Å²) in [5.41, 5.74) is 0.988. The van der Waals surface area contributed by atoms with Crippen LogP contribution in [-0.4, -0.2) is 23.1 Å². The molecule has 0 N–H and O–H groups in total. The largest absolute Gasteiger partial charge is 0.460 e. The van der Waals surface area contributed by atoms with E-state index in [9.17, 15) is 9.59 Å². The van der Waals surface area contributed by atoms with Gasteiger partial charge in [0.1, 0.15) is 11.2 Å². The van der Waals surface area contributed by atoms with Crippen LogP contribution in [0.1, 0.15) is 80.1 Å². The highest BCUT2D eigenvalue weighted by atomic mass is 16.6. The highest BCUT2D eigenvalue weighted by molar-refractivity contribution is 5.91. The fraction of sp³-hybridized carbons (Fsp3) is 0.800. The van der Waals surface area contributed by atoms with Crippen LogP contribution >= 0.6 is 0 Å². The average Bonchev–Trinajstić information content (AvgIpc) is 2.81. The molecule has 0 aromatic heterocycles. The second kappa shape index (κ2) is 6.89. The Balaban J connectivity index is 2.21. The van der Waals surface area contributed by atoms with Crippen molar-refractivity contribution in [3.05, 3.63) is 11.1 Å². The van der Waals surface area contributed by atoms with Crippen molar-refractivity contribution in [3.63, 3.8) is 0 Å². The van der Waals surface area contributed by atoms with E-state index in [0.29, 0.717) is 5.92 Å². The van der Waals surface area contributed by atoms with Gasteiger partial charge in [0.15, 0.2) is 0 Å². The summed E-state index contributed by atoms with van der Waals surface area (Å²) in [5, 5.41) is 0. The van der Waals surface area contributed by atoms with E-state index in [4.69, 9.17) is 9.47 Å². The lowest BCUT2D eigenvalue weighted by Gasteiger charge is -2.32. The molecule has 2 rings (SSSR count). The summed E-state index contributed by atoms with van der Waals surface area (Å²) in [6.45, 7) is 11.2. The van der Waals surface area contributed by atoms with Crippen LogP contribution in [0.3, 0.4) is 0 Å². The van der Waals surface area contributed by atoms with Crippen LogP contribution in [0, 0.1) is 11.8 Å². The minimum absolute atomic E-state index is 0.0703. The van der Waals surface area contributed by atoms with Gasteiger partial charge in [-0.05, 0) is 79.6 Å². The first kappa shape index (κ1) is 19.0. The minimum atomic E-state index is -0.521. The van der Waals surface area contributed by atoms with E-state index in [-0.39, 0.29) is 24.3 Å². The second-order valence-corrected chi connectivity index (χ2v) is 9.09. The summed E-state index contributed by atoms with van der Waals surface area (Å²) in [5.74, 6) is -0.0373. The van der Waals surface area contributed by atoms with Gasteiger partial charge in [0.25, 0.3) is 0 Å². The van der Waals surface area contributed by atoms with Crippen LogP contribution in [-0.2, 0) is 19.1 Å². The second-order valence-electron chi connectivity index (χ2n) is 9.09. The third-order valence-electron chi connectivity index (χ3n) is 4.56. The smallest absolute Gasteiger partial charge is 0.334 e. The lowest BCUT2D eigenvalue weighted by atomic mass is 9.76. The Labute approximate surface area is 146 Å². The summed E-state index contributed by atoms with van der Waals surface area (Å²) in [7, 11) is 0. The van der Waals surface area contributed by atoms with E-state index in [0.717, 1.165) is 37.7 Å². The van der Waals surface area contributed by atoms with Gasteiger partial charge < -0.3 is 9.47 Å². The molecule has 2 aliphatic rings. The maximum absolute atomic E-state index is 12.8. The van der Waals surface area contributed by atoms with E-state index < -0.39 is 11.2 Å². The molecular weight excluding hydrogens is 304 g/mol. The van der Waals surface area contributed by atoms with E-state index >= 15 is 0 Å². The first-order valence-electron chi connectivity index (χ1n) is 9.14. The Morgan fingerprint density at radius 1 is 0.958 bits per heavy atom. The number of ether oxygens (including phenoxy) is 2. The molecule has 0 bridgehead atoms. The minimum Gasteiger partial charge on any atom is -0.460 e. The molecule has 0 aromatic carbocycles. The first-order valence-corrected chi connectivity index (χ1v) is 9.14. The molecule has 0 heterocycles. The van der Waals surface area contributed by atoms with Crippen molar-refractivity contribution in [3.8, 4) is 0 Å². The zero-order valence-corrected chi connectivity index (χ0v) is 16.0. The van der Waals surface area contributed by atoms with Gasteiger partial charge in [-0.25, -0.2) is 4.79 Å². The van der Waals surface area contributed by atoms with Gasteiger partial charge in [-0.3, -0.25) is 4.79 Å². The molecule has 0 aromatic rings. The molecule has 0 saturated heterocycles. The van der Waals surface area contributed by atoms with Gasteiger partial charge in [-0.1, -0.05) is 5.57 Å². The van der Waals surface area contributed by atoms with Crippen LogP contribution in [0.4, 0.5) is 0 Å². The van der Waals surface area contributed by atoms with E-state index in [1.165, 1.54) is 5.57 Å². The lowest BCUT2D eigenvalue weighted by Crippen LogP contribution is -2.32. The zero-order valence-electron chi connectivity index (χ0n) is 16.0. The summed E-state index contributed by atoms with van der Waals surface area (Å²) >= 11 is 0. The Morgan fingerprint density at radius 2 is 1.58 bits per heavy atom. The number of esters is 2. The van der Waals surface area contributed by atoms with Crippen molar-refractivity contribution < 1.29 is 19.1 Å². The molecular formula is C20H32O4. The lowest BCUT2D eigenvalue weighted by molar-refractivity contribution is -0.156. The Bertz CT molecular complexity index is 531. The Morgan fingerprint density at radius 3 is 2.17 bits per heavy atom. The normalized spacial score (nSPS) is 24.6. The van der Waals surface area contributed by atoms with E-state index in [1.54, 1.807) is 0 Å². The van der Waals surface area contributed by atoms with E-state index in [2.05, 4.69) is 0 Å². The molecule has 1 saturated carbocycles. The number of hydrogen-bond donors (Lipinski definition) is 0. The molecule has 2 aliphatic carbocycles. The monoisotopic (exact) mass is 336 g/mol. The third kappa shape index (κ3) is 5.09. The maximum Gasteiger partial charge on any atom is 0.334 e. The fourth-order valence-electron chi connectivity index (χ4n) is 3.82. The number of carbonyl (C=O) groups is 2. The number of carbonyl (C=O) groups excluding carboxylic acids is 2. The quantitative estimate of drug-likeness (QED) is 0.709. The van der Waals surface area contributed by atoms with Gasteiger partial charge >= 0.3 is 11.9 Å². The van der Waals surface area contributed by atoms with Crippen molar-refractivity contribution >= 4 is 11.9 Å². The first-order chi connectivity index (χ1) is 11.0. The van der Waals surface area contributed by atoms with Crippen molar-refractivity contribution in [1.29, 1.82) is 0 Å². The van der Waals surface area contributed by atoms with Gasteiger partial charge in [-0.2, -0.15) is 0 Å². The van der Waals surface area contributed by atoms with Gasteiger partial charge in [-0.15, -0.1) is 0 Å². The van der Waals surface area contributed by atoms with E-state index in [1.807, 2.05) is 41.5 Å². The van der Waals surface area contributed by atoms with Crippen LogP contribution < -0.4 is 0 Å². The summed E-state index contributed by atoms with van der Waals surface area (Å²) in [4.78, 5) is 25.1. The number of hydrogen-bond acceptors (Lipinski definition) is 4. The fourth-order valence-corrected chi connectivity index (χ4v) is 3.82. The molecule has 0 unspecified atom stereocenters. The highest BCUT2D eigenvalue weighted by Gasteiger charge is 2.38. The highest BCUT2D eigenvalue weighted by Crippen LogP contribution is 2.45. The number of fused-ring (bicyclic) bond motifs is 1. The Kier molecular flexibility index (Phi) is 5.46. The van der Waals surface area contributed by atoms with Crippen molar-refractivity contribution in [2.45, 2.75) is 91.3 Å². The molecule has 0 spiro atoms. The van der Waals surface area contributed by atoms with Crippen molar-refractivity contribution in [1.82, 2.24) is 0 Å². The molecule has 24 heavy (non-hydrogen) atoms. The summed E-state index contributed by atoms with van der Waals surface area (Å²) < 4.78 is 11.1. The van der Waals surface area contributed by atoms with Crippen molar-refractivity contribution in [2.75, 3.05) is 0 Å². The van der Waals surface area contributed by atoms with Crippen molar-refractivity contribution in [2.24, 2.45) is 11.8 Å². The molecule has 0 radical (unpaired) electrons. The number of rotatable bonds is 3. The Hall–Kier alpha value is -1.32. The predicted molar refractivity (Wildman–Crippen MR) is 93.4 cm³/mol. The molecule has 2 atom stereocenters. The third-order valence-corrected chi connectivity index (χ3v) is 4.56. The molecule has 0 aliphatic heterocycles. The standard InChI is InChI=1S/C20H32O4/c1-19(2,3)23-16(21)12-14-11-10-13-8-7-9-15(13)17(14)18(22)24-20(4,5)6/h13-14H,7-12H2,1-6H3/t13-,14-/m0/s1. The molecule has 136 valence electrons. The van der Waals surface area contributed by atoms with Crippen LogP contribution in [0.2, 0.25) is 0 Å².